The van der Waals surface area contributed by atoms with Gasteiger partial charge in [-0.15, -0.1) is 6.58 Å². The second-order valence-corrected chi connectivity index (χ2v) is 4.05. The van der Waals surface area contributed by atoms with Gasteiger partial charge in [0.05, 0.1) is 0 Å². The molecule has 0 aromatic heterocycles. The summed E-state index contributed by atoms with van der Waals surface area (Å²) < 4.78 is 0. The van der Waals surface area contributed by atoms with Crippen LogP contribution in [0.3, 0.4) is 0 Å². The lowest BCUT2D eigenvalue weighted by atomic mass is 9.79. The minimum atomic E-state index is 0.0834. The van der Waals surface area contributed by atoms with Crippen molar-refractivity contribution in [2.75, 3.05) is 0 Å². The van der Waals surface area contributed by atoms with Crippen molar-refractivity contribution in [2.24, 2.45) is 11.3 Å². The van der Waals surface area contributed by atoms with Gasteiger partial charge in [0.15, 0.2) is 0 Å². The smallest absolute Gasteiger partial charge is 0.139 e. The van der Waals surface area contributed by atoms with E-state index in [2.05, 4.69) is 27.4 Å². The predicted octanol–water partition coefficient (Wildman–Crippen LogP) is 2.81. The van der Waals surface area contributed by atoms with E-state index < -0.39 is 0 Å². The Balaban J connectivity index is 4.13. The molecule has 0 heterocycles. The standard InChI is InChI=1S/C10H18O/c1-6-7-9(11)8(2)10(3,4)5/h6,8H,1,7H2,2-5H3/t8-/m0/s1. The van der Waals surface area contributed by atoms with Crippen molar-refractivity contribution in [3.63, 3.8) is 0 Å². The summed E-state index contributed by atoms with van der Waals surface area (Å²) in [6, 6.07) is 0. The maximum atomic E-state index is 11.3. The maximum absolute atomic E-state index is 11.3. The van der Waals surface area contributed by atoms with Crippen molar-refractivity contribution in [1.29, 1.82) is 0 Å². The zero-order chi connectivity index (χ0) is 9.07. The second-order valence-electron chi connectivity index (χ2n) is 4.05. The van der Waals surface area contributed by atoms with Gasteiger partial charge in [0, 0.05) is 12.3 Å². The van der Waals surface area contributed by atoms with Gasteiger partial charge in [-0.3, -0.25) is 4.79 Å². The second kappa shape index (κ2) is 3.70. The van der Waals surface area contributed by atoms with Crippen molar-refractivity contribution in [1.82, 2.24) is 0 Å². The lowest BCUT2D eigenvalue weighted by Crippen LogP contribution is -2.25. The number of hydrogen-bond acceptors (Lipinski definition) is 1. The summed E-state index contributed by atoms with van der Waals surface area (Å²) in [4.78, 5) is 11.3. The summed E-state index contributed by atoms with van der Waals surface area (Å²) in [5.74, 6) is 0.410. The molecule has 0 aliphatic carbocycles. The van der Waals surface area contributed by atoms with Crippen molar-refractivity contribution >= 4 is 5.78 Å². The minimum absolute atomic E-state index is 0.0834. The average Bonchev–Trinajstić information content (AvgIpc) is 1.85. The number of Topliss-reactive ketones (excluding diaryl/α,β-unsaturated/α-hetero) is 1. The Bertz CT molecular complexity index is 151. The van der Waals surface area contributed by atoms with Gasteiger partial charge in [-0.1, -0.05) is 33.8 Å². The Morgan fingerprint density at radius 3 is 2.27 bits per heavy atom. The Labute approximate surface area is 69.5 Å². The van der Waals surface area contributed by atoms with E-state index in [4.69, 9.17) is 0 Å². The van der Waals surface area contributed by atoms with Crippen LogP contribution in [-0.2, 0) is 4.79 Å². The Morgan fingerprint density at radius 1 is 1.55 bits per heavy atom. The van der Waals surface area contributed by atoms with Gasteiger partial charge < -0.3 is 0 Å². The topological polar surface area (TPSA) is 17.1 Å². The van der Waals surface area contributed by atoms with E-state index in [-0.39, 0.29) is 17.1 Å². The fraction of sp³-hybridized carbons (Fsp3) is 0.700. The SMILES string of the molecule is C=CCC(=O)[C@H](C)C(C)(C)C. The van der Waals surface area contributed by atoms with E-state index in [0.29, 0.717) is 6.42 Å². The van der Waals surface area contributed by atoms with Crippen molar-refractivity contribution in [3.8, 4) is 0 Å². The molecular formula is C10H18O. The summed E-state index contributed by atoms with van der Waals surface area (Å²) in [7, 11) is 0. The molecule has 1 nitrogen and oxygen atoms in total. The lowest BCUT2D eigenvalue weighted by Gasteiger charge is -2.25. The molecule has 0 rings (SSSR count). The Kier molecular flexibility index (Phi) is 3.50. The summed E-state index contributed by atoms with van der Waals surface area (Å²) in [6.45, 7) is 11.8. The summed E-state index contributed by atoms with van der Waals surface area (Å²) >= 11 is 0. The highest BCUT2D eigenvalue weighted by atomic mass is 16.1. The molecule has 0 aliphatic rings. The fourth-order valence-corrected chi connectivity index (χ4v) is 0.802. The lowest BCUT2D eigenvalue weighted by molar-refractivity contribution is -0.124. The van der Waals surface area contributed by atoms with Crippen LogP contribution in [0, 0.1) is 11.3 Å². The first-order valence-corrected chi connectivity index (χ1v) is 4.03. The Morgan fingerprint density at radius 2 is 2.00 bits per heavy atom. The average molecular weight is 154 g/mol. The molecule has 0 bridgehead atoms. The highest BCUT2D eigenvalue weighted by Crippen LogP contribution is 2.26. The molecule has 0 aliphatic heterocycles. The predicted molar refractivity (Wildman–Crippen MR) is 48.4 cm³/mol. The van der Waals surface area contributed by atoms with Crippen LogP contribution < -0.4 is 0 Å². The van der Waals surface area contributed by atoms with Gasteiger partial charge in [-0.25, -0.2) is 0 Å². The maximum Gasteiger partial charge on any atom is 0.139 e. The summed E-state index contributed by atoms with van der Waals surface area (Å²) in [5, 5.41) is 0. The largest absolute Gasteiger partial charge is 0.299 e. The van der Waals surface area contributed by atoms with Crippen LogP contribution in [0.1, 0.15) is 34.1 Å². The molecule has 0 radical (unpaired) electrons. The molecule has 0 amide bonds. The first-order chi connectivity index (χ1) is 4.89. The van der Waals surface area contributed by atoms with Gasteiger partial charge in [0.2, 0.25) is 0 Å². The van der Waals surface area contributed by atoms with E-state index in [1.807, 2.05) is 6.92 Å². The molecule has 0 saturated carbocycles. The van der Waals surface area contributed by atoms with Gasteiger partial charge >= 0.3 is 0 Å². The molecule has 0 saturated heterocycles. The molecule has 64 valence electrons. The van der Waals surface area contributed by atoms with Crippen LogP contribution in [0.4, 0.5) is 0 Å². The van der Waals surface area contributed by atoms with Crippen LogP contribution >= 0.6 is 0 Å². The molecule has 0 unspecified atom stereocenters. The van der Waals surface area contributed by atoms with E-state index in [9.17, 15) is 4.79 Å². The third-order valence-corrected chi connectivity index (χ3v) is 2.13. The normalized spacial score (nSPS) is 14.2. The zero-order valence-electron chi connectivity index (χ0n) is 7.98. The van der Waals surface area contributed by atoms with Crippen molar-refractivity contribution in [3.05, 3.63) is 12.7 Å². The molecule has 11 heavy (non-hydrogen) atoms. The summed E-state index contributed by atoms with van der Waals surface area (Å²) in [6.07, 6.45) is 2.17. The highest BCUT2D eigenvalue weighted by Gasteiger charge is 2.25. The Hall–Kier alpha value is -0.590. The van der Waals surface area contributed by atoms with E-state index in [1.165, 1.54) is 0 Å². The monoisotopic (exact) mass is 154 g/mol. The first-order valence-electron chi connectivity index (χ1n) is 4.03. The number of carbonyl (C=O) groups is 1. The van der Waals surface area contributed by atoms with Crippen LogP contribution in [0.15, 0.2) is 12.7 Å². The molecule has 0 aromatic carbocycles. The van der Waals surface area contributed by atoms with Crippen LogP contribution in [0.5, 0.6) is 0 Å². The van der Waals surface area contributed by atoms with Gasteiger partial charge in [0.25, 0.3) is 0 Å². The van der Waals surface area contributed by atoms with E-state index >= 15 is 0 Å². The molecule has 0 spiro atoms. The van der Waals surface area contributed by atoms with Crippen molar-refractivity contribution in [2.45, 2.75) is 34.1 Å². The zero-order valence-corrected chi connectivity index (χ0v) is 7.98. The number of ketones is 1. The van der Waals surface area contributed by atoms with Gasteiger partial charge in [-0.05, 0) is 5.41 Å². The minimum Gasteiger partial charge on any atom is -0.299 e. The molecule has 0 fully saturated rings. The van der Waals surface area contributed by atoms with E-state index in [0.717, 1.165) is 0 Å². The molecular weight excluding hydrogens is 136 g/mol. The highest BCUT2D eigenvalue weighted by molar-refractivity contribution is 5.82. The van der Waals surface area contributed by atoms with Crippen LogP contribution in [0.2, 0.25) is 0 Å². The van der Waals surface area contributed by atoms with Crippen LogP contribution in [-0.4, -0.2) is 5.78 Å². The van der Waals surface area contributed by atoms with Crippen LogP contribution in [0.25, 0.3) is 0 Å². The number of hydrogen-bond donors (Lipinski definition) is 0. The molecule has 0 N–H and O–H groups in total. The first kappa shape index (κ1) is 10.4. The van der Waals surface area contributed by atoms with Crippen molar-refractivity contribution < 1.29 is 4.79 Å². The molecule has 0 aromatic rings. The number of allylic oxidation sites excluding steroid dienone is 1. The van der Waals surface area contributed by atoms with E-state index in [1.54, 1.807) is 6.08 Å². The third kappa shape index (κ3) is 3.35. The fourth-order valence-electron chi connectivity index (χ4n) is 0.802. The third-order valence-electron chi connectivity index (χ3n) is 2.13. The van der Waals surface area contributed by atoms with Gasteiger partial charge in [-0.2, -0.15) is 0 Å². The molecule has 1 atom stereocenters. The summed E-state index contributed by atoms with van der Waals surface area (Å²) in [5.41, 5.74) is 0.0834. The quantitative estimate of drug-likeness (QED) is 0.571. The number of rotatable bonds is 3. The number of carbonyl (C=O) groups excluding carboxylic acids is 1. The van der Waals surface area contributed by atoms with Gasteiger partial charge in [0.1, 0.15) is 5.78 Å². The molecule has 1 heteroatoms.